The molecule has 0 saturated heterocycles. The smallest absolute Gasteiger partial charge is 0.409 e. The number of nitrogens with one attached hydrogen (secondary N) is 1. The van der Waals surface area contributed by atoms with E-state index in [0.717, 1.165) is 38.2 Å². The molecule has 0 bridgehead atoms. The van der Waals surface area contributed by atoms with Gasteiger partial charge in [-0.15, -0.1) is 11.6 Å². The Kier molecular flexibility index (Phi) is 6.03. The van der Waals surface area contributed by atoms with Crippen molar-refractivity contribution in [2.75, 3.05) is 17.8 Å². The summed E-state index contributed by atoms with van der Waals surface area (Å²) >= 11 is 7.26. The minimum absolute atomic E-state index is 0.468. The molecule has 0 aliphatic heterocycles. The highest BCUT2D eigenvalue weighted by Crippen LogP contribution is 2.30. The molecule has 0 atom stereocenters. The summed E-state index contributed by atoms with van der Waals surface area (Å²) in [5, 5.41) is 13.0. The fraction of sp³-hybridized carbons (Fsp3) is 0.136. The van der Waals surface area contributed by atoms with Crippen molar-refractivity contribution in [1.29, 1.82) is 0 Å². The highest BCUT2D eigenvalue weighted by molar-refractivity contribution is 7.21. The number of azo groups is 1. The number of aromatic nitrogens is 1. The van der Waals surface area contributed by atoms with Crippen LogP contribution >= 0.6 is 22.9 Å². The Morgan fingerprint density at radius 1 is 0.966 bits per heavy atom. The van der Waals surface area contributed by atoms with E-state index in [-0.39, 0.29) is 0 Å². The Morgan fingerprint density at radius 2 is 1.72 bits per heavy atom. The molecule has 7 heteroatoms. The Morgan fingerprint density at radius 3 is 2.48 bits per heavy atom. The van der Waals surface area contributed by atoms with E-state index in [9.17, 15) is 0 Å². The van der Waals surface area contributed by atoms with Gasteiger partial charge in [-0.3, -0.25) is 0 Å². The Balaban J connectivity index is 1.49. The van der Waals surface area contributed by atoms with Gasteiger partial charge >= 0.3 is 5.13 Å². The molecule has 0 spiro atoms. The summed E-state index contributed by atoms with van der Waals surface area (Å²) in [5.74, 6) is 1.28. The summed E-state index contributed by atoms with van der Waals surface area (Å²) < 4.78 is 8.72. The monoisotopic (exact) mass is 423 g/mol. The van der Waals surface area contributed by atoms with Crippen LogP contribution in [0, 0.1) is 0 Å². The standard InChI is InChI=1S/C22H19ClN4OS/c1-27-20-12-11-19(28-14-13-23)15-21(20)29-22(27)26-25-18-9-7-17(8-10-18)24-16-5-3-2-4-6-16/h2-12,15H,13-14H2,1H3/p+1. The Hall–Kier alpha value is -2.96. The number of benzene rings is 3. The number of ether oxygens (including phenoxy) is 1. The lowest BCUT2D eigenvalue weighted by Gasteiger charge is -2.05. The molecule has 5 nitrogen and oxygen atoms in total. The second kappa shape index (κ2) is 9.03. The van der Waals surface area contributed by atoms with Crippen LogP contribution in [0.3, 0.4) is 0 Å². The zero-order chi connectivity index (χ0) is 20.1. The van der Waals surface area contributed by atoms with Gasteiger partial charge in [-0.25, -0.2) is 4.57 Å². The second-order valence-electron chi connectivity index (χ2n) is 6.35. The first kappa shape index (κ1) is 19.4. The maximum absolute atomic E-state index is 5.69. The lowest BCUT2D eigenvalue weighted by Crippen LogP contribution is -2.25. The number of rotatable bonds is 7. The molecule has 1 N–H and O–H groups in total. The summed E-state index contributed by atoms with van der Waals surface area (Å²) in [6, 6.07) is 23.9. The molecule has 0 saturated carbocycles. The third-order valence-electron chi connectivity index (χ3n) is 4.31. The SMILES string of the molecule is C[n+]1c(N=Nc2ccc(Nc3ccccc3)cc2)sc2cc(OCCCl)ccc21. The normalized spacial score (nSPS) is 11.2. The minimum Gasteiger partial charge on any atom is -0.492 e. The van der Waals surface area contributed by atoms with Gasteiger partial charge < -0.3 is 10.1 Å². The van der Waals surface area contributed by atoms with Gasteiger partial charge in [0.05, 0.1) is 22.7 Å². The molecular weight excluding hydrogens is 404 g/mol. The molecule has 0 amide bonds. The third-order valence-corrected chi connectivity index (χ3v) is 5.55. The molecule has 4 aromatic rings. The van der Waals surface area contributed by atoms with E-state index < -0.39 is 0 Å². The molecule has 146 valence electrons. The van der Waals surface area contributed by atoms with Crippen LogP contribution in [0.25, 0.3) is 10.2 Å². The molecule has 4 rings (SSSR count). The van der Waals surface area contributed by atoms with E-state index in [1.807, 2.05) is 84.4 Å². The van der Waals surface area contributed by atoms with E-state index in [4.69, 9.17) is 16.3 Å². The van der Waals surface area contributed by atoms with Crippen molar-refractivity contribution in [3.8, 4) is 5.75 Å². The average molecular weight is 424 g/mol. The zero-order valence-corrected chi connectivity index (χ0v) is 17.5. The quantitative estimate of drug-likeness (QED) is 0.209. The van der Waals surface area contributed by atoms with Gasteiger partial charge in [0, 0.05) is 17.4 Å². The first-order valence-corrected chi connectivity index (χ1v) is 10.5. The van der Waals surface area contributed by atoms with Crippen LogP contribution in [-0.2, 0) is 7.05 Å². The van der Waals surface area contributed by atoms with Gasteiger partial charge in [-0.2, -0.15) is 0 Å². The summed E-state index contributed by atoms with van der Waals surface area (Å²) in [5.41, 5.74) is 3.94. The second-order valence-corrected chi connectivity index (χ2v) is 7.74. The molecular formula is C22H20ClN4OS+. The van der Waals surface area contributed by atoms with Gasteiger partial charge in [0.1, 0.15) is 23.6 Å². The van der Waals surface area contributed by atoms with Crippen molar-refractivity contribution in [3.05, 3.63) is 72.8 Å². The fourth-order valence-electron chi connectivity index (χ4n) is 2.86. The summed E-state index contributed by atoms with van der Waals surface area (Å²) in [6.07, 6.45) is 0. The highest BCUT2D eigenvalue weighted by atomic mass is 35.5. The first-order valence-electron chi connectivity index (χ1n) is 9.18. The molecule has 3 aromatic carbocycles. The van der Waals surface area contributed by atoms with Crippen LogP contribution in [0.5, 0.6) is 5.75 Å². The van der Waals surface area contributed by atoms with Gasteiger partial charge in [0.15, 0.2) is 0 Å². The maximum Gasteiger partial charge on any atom is 0.409 e. The van der Waals surface area contributed by atoms with Crippen LogP contribution in [-0.4, -0.2) is 12.5 Å². The van der Waals surface area contributed by atoms with Crippen LogP contribution < -0.4 is 14.6 Å². The van der Waals surface area contributed by atoms with Gasteiger partial charge in [0.2, 0.25) is 0 Å². The molecule has 29 heavy (non-hydrogen) atoms. The van der Waals surface area contributed by atoms with Crippen LogP contribution in [0.2, 0.25) is 0 Å². The molecule has 1 aromatic heterocycles. The van der Waals surface area contributed by atoms with Crippen molar-refractivity contribution < 1.29 is 9.30 Å². The van der Waals surface area contributed by atoms with E-state index in [0.29, 0.717) is 12.5 Å². The van der Waals surface area contributed by atoms with Gasteiger partial charge in [-0.05, 0) is 65.0 Å². The van der Waals surface area contributed by atoms with Crippen LogP contribution in [0.1, 0.15) is 0 Å². The number of thiazole rings is 1. The van der Waals surface area contributed by atoms with E-state index in [1.54, 1.807) is 11.3 Å². The maximum atomic E-state index is 5.69. The molecule has 0 fully saturated rings. The van der Waals surface area contributed by atoms with Crippen molar-refractivity contribution in [3.63, 3.8) is 0 Å². The lowest BCUT2D eigenvalue weighted by molar-refractivity contribution is -0.627. The number of anilines is 2. The number of alkyl halides is 1. The van der Waals surface area contributed by atoms with E-state index in [1.165, 1.54) is 0 Å². The predicted octanol–water partition coefficient (Wildman–Crippen LogP) is 6.50. The van der Waals surface area contributed by atoms with Crippen molar-refractivity contribution >= 4 is 55.3 Å². The van der Waals surface area contributed by atoms with Crippen molar-refractivity contribution in [2.24, 2.45) is 17.3 Å². The topological polar surface area (TPSA) is 49.9 Å². The number of nitrogens with zero attached hydrogens (tertiary/aromatic N) is 3. The Bertz CT molecular complexity index is 1130. The van der Waals surface area contributed by atoms with Crippen molar-refractivity contribution in [1.82, 2.24) is 0 Å². The largest absolute Gasteiger partial charge is 0.492 e. The number of para-hydroxylation sites is 1. The van der Waals surface area contributed by atoms with Gasteiger partial charge in [0.25, 0.3) is 0 Å². The highest BCUT2D eigenvalue weighted by Gasteiger charge is 2.16. The third kappa shape index (κ3) is 4.72. The van der Waals surface area contributed by atoms with Crippen LogP contribution in [0.4, 0.5) is 22.2 Å². The molecule has 1 heterocycles. The molecule has 0 radical (unpaired) electrons. The van der Waals surface area contributed by atoms with Crippen LogP contribution in [0.15, 0.2) is 83.0 Å². The molecule has 0 aliphatic carbocycles. The number of halogens is 1. The fourth-order valence-corrected chi connectivity index (χ4v) is 3.93. The number of aryl methyl sites for hydroxylation is 1. The Labute approximate surface area is 178 Å². The minimum atomic E-state index is 0.468. The number of hydrogen-bond acceptors (Lipinski definition) is 5. The lowest BCUT2D eigenvalue weighted by atomic mass is 10.2. The van der Waals surface area contributed by atoms with Gasteiger partial charge in [-0.1, -0.05) is 18.2 Å². The molecule has 0 aliphatic rings. The van der Waals surface area contributed by atoms with E-state index >= 15 is 0 Å². The number of hydrogen-bond donors (Lipinski definition) is 1. The molecule has 0 unspecified atom stereocenters. The predicted molar refractivity (Wildman–Crippen MR) is 120 cm³/mol. The average Bonchev–Trinajstić information content (AvgIpc) is 3.07. The summed E-state index contributed by atoms with van der Waals surface area (Å²) in [7, 11) is 1.99. The zero-order valence-electron chi connectivity index (χ0n) is 15.9. The number of fused-ring (bicyclic) bond motifs is 1. The summed E-state index contributed by atoms with van der Waals surface area (Å²) in [4.78, 5) is 0. The summed E-state index contributed by atoms with van der Waals surface area (Å²) in [6.45, 7) is 0.492. The van der Waals surface area contributed by atoms with Crippen molar-refractivity contribution in [2.45, 2.75) is 0 Å². The van der Waals surface area contributed by atoms with E-state index in [2.05, 4.69) is 15.5 Å². The first-order chi connectivity index (χ1) is 14.2.